The summed E-state index contributed by atoms with van der Waals surface area (Å²) in [6.45, 7) is 4.67. The Morgan fingerprint density at radius 1 is 0.719 bits per heavy atom. The van der Waals surface area contributed by atoms with Gasteiger partial charge in [-0.3, -0.25) is 9.59 Å². The van der Waals surface area contributed by atoms with E-state index in [0.29, 0.717) is 34.9 Å². The van der Waals surface area contributed by atoms with Gasteiger partial charge in [-0.1, -0.05) is 56.5 Å². The van der Waals surface area contributed by atoms with Gasteiger partial charge in [-0.2, -0.15) is 0 Å². The van der Waals surface area contributed by atoms with E-state index in [0.717, 1.165) is 18.4 Å². The minimum atomic E-state index is -0.231. The second-order valence-electron chi connectivity index (χ2n) is 7.71. The lowest BCUT2D eigenvalue weighted by atomic mass is 10.1. The van der Waals surface area contributed by atoms with Crippen LogP contribution in [0, 0.1) is 6.92 Å². The van der Waals surface area contributed by atoms with Gasteiger partial charge in [0.05, 0.1) is 12.2 Å². The second-order valence-corrected chi connectivity index (χ2v) is 7.71. The van der Waals surface area contributed by atoms with E-state index in [1.54, 1.807) is 36.4 Å². The van der Waals surface area contributed by atoms with Crippen molar-refractivity contribution in [3.63, 3.8) is 0 Å². The summed E-state index contributed by atoms with van der Waals surface area (Å²) < 4.78 is 5.85. The van der Waals surface area contributed by atoms with Crippen molar-refractivity contribution in [3.05, 3.63) is 89.5 Å². The Hall–Kier alpha value is -3.60. The predicted molar refractivity (Wildman–Crippen MR) is 130 cm³/mol. The summed E-state index contributed by atoms with van der Waals surface area (Å²) in [7, 11) is 0. The second kappa shape index (κ2) is 11.7. The van der Waals surface area contributed by atoms with Crippen LogP contribution in [0.2, 0.25) is 0 Å². The number of carbonyl (C=O) groups is 2. The summed E-state index contributed by atoms with van der Waals surface area (Å²) in [5.41, 5.74) is 3.35. The fourth-order valence-electron chi connectivity index (χ4n) is 3.35. The topological polar surface area (TPSA) is 67.4 Å². The molecule has 5 heteroatoms. The van der Waals surface area contributed by atoms with Crippen LogP contribution in [-0.2, 0) is 0 Å². The first kappa shape index (κ1) is 23.1. The van der Waals surface area contributed by atoms with E-state index < -0.39 is 0 Å². The number of unbranched alkanes of at least 4 members (excludes halogenated alkanes) is 3. The molecule has 0 bridgehead atoms. The Labute approximate surface area is 189 Å². The Bertz CT molecular complexity index is 1040. The van der Waals surface area contributed by atoms with Gasteiger partial charge in [-0.25, -0.2) is 0 Å². The van der Waals surface area contributed by atoms with Gasteiger partial charge < -0.3 is 15.4 Å². The molecule has 0 spiro atoms. The van der Waals surface area contributed by atoms with Gasteiger partial charge in [0.1, 0.15) is 5.75 Å². The third-order valence-electron chi connectivity index (χ3n) is 5.18. The number of hydrogen-bond acceptors (Lipinski definition) is 3. The van der Waals surface area contributed by atoms with E-state index >= 15 is 0 Å². The van der Waals surface area contributed by atoms with Crippen LogP contribution >= 0.6 is 0 Å². The highest BCUT2D eigenvalue weighted by Gasteiger charge is 2.13. The summed E-state index contributed by atoms with van der Waals surface area (Å²) in [5, 5.41) is 5.79. The highest BCUT2D eigenvalue weighted by atomic mass is 16.5. The van der Waals surface area contributed by atoms with Crippen LogP contribution in [0.15, 0.2) is 72.8 Å². The van der Waals surface area contributed by atoms with Crippen LogP contribution < -0.4 is 15.4 Å². The molecular weight excluding hydrogens is 400 g/mol. The molecule has 3 rings (SSSR count). The first-order chi connectivity index (χ1) is 15.6. The third kappa shape index (κ3) is 6.45. The van der Waals surface area contributed by atoms with Gasteiger partial charge in [0.2, 0.25) is 0 Å². The van der Waals surface area contributed by atoms with Crippen molar-refractivity contribution in [3.8, 4) is 5.75 Å². The SMILES string of the molecule is CCCCCCOc1ccccc1C(=O)Nc1ccc(NC(=O)c2ccccc2C)cc1. The molecule has 0 unspecified atom stereocenters. The summed E-state index contributed by atoms with van der Waals surface area (Å²) >= 11 is 0. The fourth-order valence-corrected chi connectivity index (χ4v) is 3.35. The number of rotatable bonds is 10. The van der Waals surface area contributed by atoms with Crippen LogP contribution in [-0.4, -0.2) is 18.4 Å². The van der Waals surface area contributed by atoms with Gasteiger partial charge in [-0.15, -0.1) is 0 Å². The van der Waals surface area contributed by atoms with Gasteiger partial charge in [0.15, 0.2) is 0 Å². The molecule has 0 aliphatic carbocycles. The normalized spacial score (nSPS) is 10.4. The van der Waals surface area contributed by atoms with Crippen LogP contribution in [0.3, 0.4) is 0 Å². The molecular formula is C27H30N2O3. The zero-order valence-electron chi connectivity index (χ0n) is 18.7. The average molecular weight is 431 g/mol. The molecule has 3 aromatic rings. The van der Waals surface area contributed by atoms with Gasteiger partial charge >= 0.3 is 0 Å². The van der Waals surface area contributed by atoms with Crippen molar-refractivity contribution in [1.29, 1.82) is 0 Å². The molecule has 2 N–H and O–H groups in total. The van der Waals surface area contributed by atoms with Crippen molar-refractivity contribution in [2.45, 2.75) is 39.5 Å². The number of benzene rings is 3. The number of carbonyl (C=O) groups excluding carboxylic acids is 2. The quantitative estimate of drug-likeness (QED) is 0.363. The van der Waals surface area contributed by atoms with E-state index in [2.05, 4.69) is 17.6 Å². The molecule has 166 valence electrons. The Kier molecular flexibility index (Phi) is 8.44. The van der Waals surface area contributed by atoms with Crippen molar-refractivity contribution >= 4 is 23.2 Å². The van der Waals surface area contributed by atoms with Gasteiger partial charge in [-0.05, 0) is 61.4 Å². The molecule has 0 atom stereocenters. The highest BCUT2D eigenvalue weighted by Crippen LogP contribution is 2.21. The van der Waals surface area contributed by atoms with Crippen LogP contribution in [0.5, 0.6) is 5.75 Å². The lowest BCUT2D eigenvalue weighted by Gasteiger charge is -2.12. The first-order valence-electron chi connectivity index (χ1n) is 11.1. The number of nitrogens with one attached hydrogen (secondary N) is 2. The average Bonchev–Trinajstić information content (AvgIpc) is 2.80. The summed E-state index contributed by atoms with van der Waals surface area (Å²) in [4.78, 5) is 25.3. The molecule has 0 aliphatic rings. The minimum Gasteiger partial charge on any atom is -0.493 e. The number of ether oxygens (including phenoxy) is 1. The molecule has 5 nitrogen and oxygen atoms in total. The molecule has 0 fully saturated rings. The van der Waals surface area contributed by atoms with E-state index in [9.17, 15) is 9.59 Å². The molecule has 0 radical (unpaired) electrons. The lowest BCUT2D eigenvalue weighted by Crippen LogP contribution is -2.15. The summed E-state index contributed by atoms with van der Waals surface area (Å²) in [5.74, 6) is 0.194. The summed E-state index contributed by atoms with van der Waals surface area (Å²) in [6, 6.07) is 21.8. The van der Waals surface area contributed by atoms with Crippen molar-refractivity contribution < 1.29 is 14.3 Å². The molecule has 0 saturated carbocycles. The number of amides is 2. The van der Waals surface area contributed by atoms with Crippen LogP contribution in [0.25, 0.3) is 0 Å². The van der Waals surface area contributed by atoms with Gasteiger partial charge in [0.25, 0.3) is 11.8 Å². The predicted octanol–water partition coefficient (Wildman–Crippen LogP) is 6.46. The number of para-hydroxylation sites is 1. The van der Waals surface area contributed by atoms with E-state index in [4.69, 9.17) is 4.74 Å². The maximum Gasteiger partial charge on any atom is 0.259 e. The van der Waals surface area contributed by atoms with E-state index in [1.165, 1.54) is 12.8 Å². The Morgan fingerprint density at radius 2 is 1.28 bits per heavy atom. The number of aryl methyl sites for hydroxylation is 1. The zero-order chi connectivity index (χ0) is 22.8. The van der Waals surface area contributed by atoms with Crippen molar-refractivity contribution in [1.82, 2.24) is 0 Å². The largest absolute Gasteiger partial charge is 0.493 e. The fraction of sp³-hybridized carbons (Fsp3) is 0.259. The standard InChI is InChI=1S/C27H30N2O3/c1-3-4-5-10-19-32-25-14-9-8-13-24(25)27(31)29-22-17-15-21(16-18-22)28-26(30)23-12-7-6-11-20(23)2/h6-9,11-18H,3-5,10,19H2,1-2H3,(H,28,30)(H,29,31). The van der Waals surface area contributed by atoms with Crippen LogP contribution in [0.4, 0.5) is 11.4 Å². The molecule has 0 heterocycles. The Morgan fingerprint density at radius 3 is 1.91 bits per heavy atom. The molecule has 0 saturated heterocycles. The minimum absolute atomic E-state index is 0.162. The third-order valence-corrected chi connectivity index (χ3v) is 5.18. The maximum absolute atomic E-state index is 12.8. The molecule has 3 aromatic carbocycles. The van der Waals surface area contributed by atoms with Crippen molar-refractivity contribution in [2.75, 3.05) is 17.2 Å². The summed E-state index contributed by atoms with van der Waals surface area (Å²) in [6.07, 6.45) is 4.46. The molecule has 2 amide bonds. The smallest absolute Gasteiger partial charge is 0.259 e. The van der Waals surface area contributed by atoms with E-state index in [-0.39, 0.29) is 11.8 Å². The molecule has 0 aromatic heterocycles. The number of anilines is 2. The van der Waals surface area contributed by atoms with Gasteiger partial charge in [0, 0.05) is 16.9 Å². The monoisotopic (exact) mass is 430 g/mol. The maximum atomic E-state index is 12.8. The highest BCUT2D eigenvalue weighted by molar-refractivity contribution is 6.07. The molecule has 32 heavy (non-hydrogen) atoms. The number of hydrogen-bond donors (Lipinski definition) is 2. The van der Waals surface area contributed by atoms with Crippen LogP contribution in [0.1, 0.15) is 58.9 Å². The zero-order valence-corrected chi connectivity index (χ0v) is 18.7. The first-order valence-corrected chi connectivity index (χ1v) is 11.1. The van der Waals surface area contributed by atoms with Crippen molar-refractivity contribution in [2.24, 2.45) is 0 Å². The van der Waals surface area contributed by atoms with E-state index in [1.807, 2.05) is 43.3 Å². The molecule has 0 aliphatic heterocycles. The lowest BCUT2D eigenvalue weighted by molar-refractivity contribution is 0.101. The Balaban J connectivity index is 1.59.